The van der Waals surface area contributed by atoms with Crippen LogP contribution in [-0.4, -0.2) is 61.7 Å². The van der Waals surface area contributed by atoms with E-state index in [-0.39, 0.29) is 0 Å². The fourth-order valence-electron chi connectivity index (χ4n) is 2.99. The van der Waals surface area contributed by atoms with Crippen molar-refractivity contribution >= 4 is 0 Å². The molecule has 1 N–H and O–H groups in total. The largest absolute Gasteiger partial charge is 0.314 e. The Morgan fingerprint density at radius 1 is 1.31 bits per heavy atom. The highest BCUT2D eigenvalue weighted by atomic mass is 15.2. The molecule has 0 spiro atoms. The Hall–Kier alpha value is -0.120. The van der Waals surface area contributed by atoms with Crippen LogP contribution < -0.4 is 5.32 Å². The third-order valence-corrected chi connectivity index (χ3v) is 4.19. The van der Waals surface area contributed by atoms with Crippen molar-refractivity contribution in [1.29, 1.82) is 0 Å². The van der Waals surface area contributed by atoms with Crippen LogP contribution in [0.4, 0.5) is 0 Å². The van der Waals surface area contributed by atoms with Crippen molar-refractivity contribution in [3.63, 3.8) is 0 Å². The van der Waals surface area contributed by atoms with E-state index in [9.17, 15) is 0 Å². The first-order valence-electron chi connectivity index (χ1n) is 6.91. The third-order valence-electron chi connectivity index (χ3n) is 4.19. The zero-order valence-corrected chi connectivity index (χ0v) is 10.9. The number of hydrogen-bond acceptors (Lipinski definition) is 3. The van der Waals surface area contributed by atoms with Crippen molar-refractivity contribution in [2.45, 2.75) is 44.7 Å². The van der Waals surface area contributed by atoms with Gasteiger partial charge in [0.15, 0.2) is 0 Å². The van der Waals surface area contributed by atoms with Crippen molar-refractivity contribution in [2.75, 3.05) is 39.8 Å². The van der Waals surface area contributed by atoms with E-state index in [1.165, 1.54) is 58.4 Å². The fourth-order valence-corrected chi connectivity index (χ4v) is 2.99. The molecule has 3 heteroatoms. The highest BCUT2D eigenvalue weighted by molar-refractivity contribution is 4.81. The molecule has 2 saturated heterocycles. The van der Waals surface area contributed by atoms with Gasteiger partial charge in [-0.25, -0.2) is 0 Å². The van der Waals surface area contributed by atoms with E-state index in [1.54, 1.807) is 0 Å². The van der Waals surface area contributed by atoms with Gasteiger partial charge in [0.05, 0.1) is 0 Å². The van der Waals surface area contributed by atoms with Crippen LogP contribution in [0.3, 0.4) is 0 Å². The molecule has 2 fully saturated rings. The predicted molar refractivity (Wildman–Crippen MR) is 68.8 cm³/mol. The summed E-state index contributed by atoms with van der Waals surface area (Å²) < 4.78 is 0. The number of piperidine rings is 1. The van der Waals surface area contributed by atoms with Gasteiger partial charge in [-0.05, 0) is 59.3 Å². The van der Waals surface area contributed by atoms with E-state index >= 15 is 0 Å². The first-order chi connectivity index (χ1) is 7.75. The van der Waals surface area contributed by atoms with Gasteiger partial charge in [-0.15, -0.1) is 0 Å². The Bertz CT molecular complexity index is 201. The standard InChI is InChI=1S/C13H27N3/c1-12-11-13(5-6-14-12)15(2)9-10-16-7-3-4-8-16/h12-14H,3-11H2,1-2H3. The van der Waals surface area contributed by atoms with E-state index in [0.29, 0.717) is 6.04 Å². The van der Waals surface area contributed by atoms with Gasteiger partial charge < -0.3 is 15.1 Å². The monoisotopic (exact) mass is 225 g/mol. The molecule has 3 nitrogen and oxygen atoms in total. The number of hydrogen-bond donors (Lipinski definition) is 1. The maximum absolute atomic E-state index is 3.53. The maximum atomic E-state index is 3.53. The highest BCUT2D eigenvalue weighted by Gasteiger charge is 2.22. The van der Waals surface area contributed by atoms with E-state index in [0.717, 1.165) is 6.04 Å². The van der Waals surface area contributed by atoms with E-state index < -0.39 is 0 Å². The summed E-state index contributed by atoms with van der Waals surface area (Å²) in [5, 5.41) is 3.53. The highest BCUT2D eigenvalue weighted by Crippen LogP contribution is 2.14. The van der Waals surface area contributed by atoms with Crippen LogP contribution in [0.25, 0.3) is 0 Å². The lowest BCUT2D eigenvalue weighted by molar-refractivity contribution is 0.161. The van der Waals surface area contributed by atoms with E-state index in [2.05, 4.69) is 29.1 Å². The molecule has 2 aliphatic rings. The Labute approximate surface area is 100 Å². The third kappa shape index (κ3) is 3.44. The second-order valence-corrected chi connectivity index (χ2v) is 5.56. The molecule has 0 aromatic heterocycles. The molecule has 0 aromatic carbocycles. The lowest BCUT2D eigenvalue weighted by atomic mass is 9.99. The van der Waals surface area contributed by atoms with Crippen LogP contribution >= 0.6 is 0 Å². The lowest BCUT2D eigenvalue weighted by Gasteiger charge is -2.35. The van der Waals surface area contributed by atoms with Gasteiger partial charge in [0.2, 0.25) is 0 Å². The maximum Gasteiger partial charge on any atom is 0.0119 e. The quantitative estimate of drug-likeness (QED) is 0.774. The summed E-state index contributed by atoms with van der Waals surface area (Å²) in [6.45, 7) is 8.68. The van der Waals surface area contributed by atoms with Crippen LogP contribution in [0.1, 0.15) is 32.6 Å². The molecule has 0 radical (unpaired) electrons. The smallest absolute Gasteiger partial charge is 0.0119 e. The number of likely N-dealkylation sites (tertiary alicyclic amines) is 1. The summed E-state index contributed by atoms with van der Waals surface area (Å²) in [4.78, 5) is 5.19. The topological polar surface area (TPSA) is 18.5 Å². The van der Waals surface area contributed by atoms with Crippen LogP contribution in [0.5, 0.6) is 0 Å². The van der Waals surface area contributed by atoms with Crippen molar-refractivity contribution in [3.05, 3.63) is 0 Å². The molecule has 2 unspecified atom stereocenters. The number of nitrogens with zero attached hydrogens (tertiary/aromatic N) is 2. The summed E-state index contributed by atoms with van der Waals surface area (Å²) in [6, 6.07) is 1.51. The molecule has 0 aliphatic carbocycles. The van der Waals surface area contributed by atoms with Crippen molar-refractivity contribution in [3.8, 4) is 0 Å². The Balaban J connectivity index is 1.67. The molecule has 0 amide bonds. The average Bonchev–Trinajstić information content (AvgIpc) is 2.78. The van der Waals surface area contributed by atoms with Gasteiger partial charge in [-0.2, -0.15) is 0 Å². The first-order valence-corrected chi connectivity index (χ1v) is 6.91. The molecular weight excluding hydrogens is 198 g/mol. The van der Waals surface area contributed by atoms with Crippen LogP contribution in [0, 0.1) is 0 Å². The normalized spacial score (nSPS) is 32.4. The van der Waals surface area contributed by atoms with Gasteiger partial charge in [-0.3, -0.25) is 0 Å². The first kappa shape index (κ1) is 12.3. The summed E-state index contributed by atoms with van der Waals surface area (Å²) in [5.41, 5.74) is 0. The second kappa shape index (κ2) is 5.99. The SMILES string of the molecule is CC1CC(N(C)CCN2CCCC2)CCN1. The van der Waals surface area contributed by atoms with Crippen LogP contribution in [0.15, 0.2) is 0 Å². The summed E-state index contributed by atoms with van der Waals surface area (Å²) >= 11 is 0. The minimum atomic E-state index is 0.702. The molecule has 2 heterocycles. The van der Waals surface area contributed by atoms with E-state index in [1.807, 2.05) is 0 Å². The molecule has 94 valence electrons. The van der Waals surface area contributed by atoms with Crippen LogP contribution in [0.2, 0.25) is 0 Å². The van der Waals surface area contributed by atoms with Gasteiger partial charge in [0.25, 0.3) is 0 Å². The minimum Gasteiger partial charge on any atom is -0.314 e. The molecule has 2 rings (SSSR count). The average molecular weight is 225 g/mol. The lowest BCUT2D eigenvalue weighted by Crippen LogP contribution is -2.47. The van der Waals surface area contributed by atoms with Crippen molar-refractivity contribution in [2.24, 2.45) is 0 Å². The second-order valence-electron chi connectivity index (χ2n) is 5.56. The molecule has 0 bridgehead atoms. The molecule has 2 atom stereocenters. The molecule has 2 aliphatic heterocycles. The van der Waals surface area contributed by atoms with E-state index in [4.69, 9.17) is 0 Å². The molecular formula is C13H27N3. The number of rotatable bonds is 4. The summed E-state index contributed by atoms with van der Waals surface area (Å²) in [6.07, 6.45) is 5.46. The Morgan fingerprint density at radius 2 is 2.06 bits per heavy atom. The molecule has 16 heavy (non-hydrogen) atoms. The van der Waals surface area contributed by atoms with Gasteiger partial charge in [0, 0.05) is 25.2 Å². The minimum absolute atomic E-state index is 0.702. The fraction of sp³-hybridized carbons (Fsp3) is 1.00. The van der Waals surface area contributed by atoms with Gasteiger partial charge in [-0.1, -0.05) is 0 Å². The molecule has 0 aromatic rings. The predicted octanol–water partition coefficient (Wildman–Crippen LogP) is 1.15. The van der Waals surface area contributed by atoms with Gasteiger partial charge >= 0.3 is 0 Å². The van der Waals surface area contributed by atoms with Gasteiger partial charge in [0.1, 0.15) is 0 Å². The summed E-state index contributed by atoms with van der Waals surface area (Å²) in [5.74, 6) is 0. The Morgan fingerprint density at radius 3 is 2.75 bits per heavy atom. The number of nitrogens with one attached hydrogen (secondary N) is 1. The zero-order chi connectivity index (χ0) is 11.4. The van der Waals surface area contributed by atoms with Crippen LogP contribution in [-0.2, 0) is 0 Å². The zero-order valence-electron chi connectivity index (χ0n) is 10.9. The summed E-state index contributed by atoms with van der Waals surface area (Å²) in [7, 11) is 2.30. The Kier molecular flexibility index (Phi) is 4.62. The molecule has 0 saturated carbocycles. The van der Waals surface area contributed by atoms with Crippen molar-refractivity contribution in [1.82, 2.24) is 15.1 Å². The van der Waals surface area contributed by atoms with Crippen molar-refractivity contribution < 1.29 is 0 Å². The number of likely N-dealkylation sites (N-methyl/N-ethyl adjacent to an activating group) is 1.